The highest BCUT2D eigenvalue weighted by Gasteiger charge is 1.98. The summed E-state index contributed by atoms with van der Waals surface area (Å²) >= 11 is 1.77. The van der Waals surface area contributed by atoms with Gasteiger partial charge in [0.1, 0.15) is 5.82 Å². The minimum atomic E-state index is 0.502. The molecule has 92 valence electrons. The van der Waals surface area contributed by atoms with E-state index in [1.165, 1.54) is 0 Å². The second-order valence-electron chi connectivity index (χ2n) is 3.30. The van der Waals surface area contributed by atoms with Crippen molar-refractivity contribution < 1.29 is 0 Å². The lowest BCUT2D eigenvalue weighted by Crippen LogP contribution is -2.35. The third kappa shape index (κ3) is 5.26. The fraction of sp³-hybridized carbons (Fsp3) is 0.500. The monoisotopic (exact) mass is 252 g/mol. The molecule has 0 fully saturated rings. The highest BCUT2D eigenvalue weighted by Crippen LogP contribution is 2.07. The number of thioether (sulfide) groups is 1. The molecule has 1 rings (SSSR count). The van der Waals surface area contributed by atoms with Crippen LogP contribution in [0.3, 0.4) is 0 Å². The van der Waals surface area contributed by atoms with Gasteiger partial charge < -0.3 is 10.3 Å². The van der Waals surface area contributed by atoms with Crippen LogP contribution in [0.2, 0.25) is 0 Å². The van der Waals surface area contributed by atoms with Crippen molar-refractivity contribution in [2.24, 2.45) is 4.99 Å². The number of hydrogen-bond acceptors (Lipinski definition) is 4. The Morgan fingerprint density at radius 2 is 2.53 bits per heavy atom. The first-order chi connectivity index (χ1) is 8.26. The van der Waals surface area contributed by atoms with Gasteiger partial charge in [0, 0.05) is 31.2 Å². The number of aromatic amines is 1. The van der Waals surface area contributed by atoms with Crippen molar-refractivity contribution in [1.29, 1.82) is 5.26 Å². The van der Waals surface area contributed by atoms with Crippen LogP contribution in [-0.4, -0.2) is 35.3 Å². The quantitative estimate of drug-likeness (QED) is 0.235. The SMILES string of the molecule is CN=C(NC#N)NCCSCc1ncc(C)[nH]1. The number of H-pyrrole nitrogens is 1. The van der Waals surface area contributed by atoms with Crippen LogP contribution in [0, 0.1) is 18.4 Å². The smallest absolute Gasteiger partial charge is 0.204 e. The first-order valence-electron chi connectivity index (χ1n) is 5.20. The third-order valence-corrected chi connectivity index (χ3v) is 2.90. The molecule has 0 amide bonds. The van der Waals surface area contributed by atoms with Crippen LogP contribution in [0.4, 0.5) is 0 Å². The van der Waals surface area contributed by atoms with Crippen LogP contribution < -0.4 is 10.6 Å². The predicted octanol–water partition coefficient (Wildman–Crippen LogP) is 0.597. The standard InChI is InChI=1S/C10H16N6S/c1-8-5-14-9(16-8)6-17-4-3-13-10(12-2)15-7-11/h5H,3-4,6H2,1-2H3,(H,14,16)(H2,12,13,15). The maximum absolute atomic E-state index is 8.42. The lowest BCUT2D eigenvalue weighted by molar-refractivity contribution is 0.930. The second kappa shape index (κ2) is 7.57. The molecule has 1 aromatic rings. The molecular weight excluding hydrogens is 236 g/mol. The predicted molar refractivity (Wildman–Crippen MR) is 69.6 cm³/mol. The Kier molecular flexibility index (Phi) is 5.96. The Morgan fingerprint density at radius 3 is 3.12 bits per heavy atom. The van der Waals surface area contributed by atoms with Gasteiger partial charge in [-0.05, 0) is 6.92 Å². The lowest BCUT2D eigenvalue weighted by atomic mass is 10.6. The number of nitriles is 1. The van der Waals surface area contributed by atoms with E-state index in [-0.39, 0.29) is 0 Å². The molecule has 0 saturated heterocycles. The topological polar surface area (TPSA) is 88.9 Å². The summed E-state index contributed by atoms with van der Waals surface area (Å²) in [7, 11) is 1.63. The first kappa shape index (κ1) is 13.4. The Morgan fingerprint density at radius 1 is 1.71 bits per heavy atom. The van der Waals surface area contributed by atoms with Crippen molar-refractivity contribution >= 4 is 17.7 Å². The molecule has 0 saturated carbocycles. The number of aliphatic imine (C=N–C) groups is 1. The highest BCUT2D eigenvalue weighted by atomic mass is 32.2. The summed E-state index contributed by atoms with van der Waals surface area (Å²) in [6, 6.07) is 0. The molecule has 0 spiro atoms. The molecule has 0 aliphatic rings. The fourth-order valence-corrected chi connectivity index (χ4v) is 1.91. The number of imidazole rings is 1. The van der Waals surface area contributed by atoms with Crippen LogP contribution >= 0.6 is 11.8 Å². The Balaban J connectivity index is 2.11. The van der Waals surface area contributed by atoms with Gasteiger partial charge >= 0.3 is 0 Å². The van der Waals surface area contributed by atoms with Crippen molar-refractivity contribution in [1.82, 2.24) is 20.6 Å². The van der Waals surface area contributed by atoms with Gasteiger partial charge in [0.2, 0.25) is 5.96 Å². The van der Waals surface area contributed by atoms with E-state index < -0.39 is 0 Å². The molecular formula is C10H16N6S. The molecule has 0 radical (unpaired) electrons. The molecule has 0 aromatic carbocycles. The Hall–Kier alpha value is -1.68. The van der Waals surface area contributed by atoms with Gasteiger partial charge in [-0.15, -0.1) is 0 Å². The van der Waals surface area contributed by atoms with E-state index in [1.807, 2.05) is 19.3 Å². The van der Waals surface area contributed by atoms with Gasteiger partial charge in [0.15, 0.2) is 6.19 Å². The summed E-state index contributed by atoms with van der Waals surface area (Å²) in [5.74, 6) is 3.28. The van der Waals surface area contributed by atoms with Crippen molar-refractivity contribution in [3.05, 3.63) is 17.7 Å². The zero-order valence-corrected chi connectivity index (χ0v) is 10.8. The Labute approximate surface area is 105 Å². The van der Waals surface area contributed by atoms with Crippen LogP contribution in [0.1, 0.15) is 11.5 Å². The second-order valence-corrected chi connectivity index (χ2v) is 4.41. The van der Waals surface area contributed by atoms with E-state index >= 15 is 0 Å². The van der Waals surface area contributed by atoms with E-state index in [4.69, 9.17) is 5.26 Å². The van der Waals surface area contributed by atoms with Gasteiger partial charge in [0.25, 0.3) is 0 Å². The van der Waals surface area contributed by atoms with Crippen molar-refractivity contribution in [2.75, 3.05) is 19.3 Å². The lowest BCUT2D eigenvalue weighted by Gasteiger charge is -2.05. The summed E-state index contributed by atoms with van der Waals surface area (Å²) in [5.41, 5.74) is 1.08. The maximum atomic E-state index is 8.42. The molecule has 0 aliphatic heterocycles. The zero-order chi connectivity index (χ0) is 12.5. The number of aryl methyl sites for hydroxylation is 1. The average Bonchev–Trinajstić information content (AvgIpc) is 2.73. The zero-order valence-electron chi connectivity index (χ0n) is 9.95. The fourth-order valence-electron chi connectivity index (χ4n) is 1.18. The van der Waals surface area contributed by atoms with Gasteiger partial charge in [-0.2, -0.15) is 17.0 Å². The molecule has 3 N–H and O–H groups in total. The van der Waals surface area contributed by atoms with Gasteiger partial charge in [-0.25, -0.2) is 4.98 Å². The molecule has 1 heterocycles. The first-order valence-corrected chi connectivity index (χ1v) is 6.35. The average molecular weight is 252 g/mol. The molecule has 0 bridgehead atoms. The van der Waals surface area contributed by atoms with Crippen LogP contribution in [0.15, 0.2) is 11.2 Å². The number of hydrogen-bond donors (Lipinski definition) is 3. The van der Waals surface area contributed by atoms with E-state index in [0.717, 1.165) is 29.6 Å². The maximum Gasteiger partial charge on any atom is 0.204 e. The number of guanidine groups is 1. The summed E-state index contributed by atoms with van der Waals surface area (Å²) in [6.07, 6.45) is 3.65. The summed E-state index contributed by atoms with van der Waals surface area (Å²) < 4.78 is 0. The van der Waals surface area contributed by atoms with Gasteiger partial charge in [-0.1, -0.05) is 0 Å². The molecule has 1 aromatic heterocycles. The number of rotatable bonds is 5. The molecule has 7 heteroatoms. The molecule has 17 heavy (non-hydrogen) atoms. The van der Waals surface area contributed by atoms with Crippen LogP contribution in [0.5, 0.6) is 0 Å². The molecule has 6 nitrogen and oxygen atoms in total. The van der Waals surface area contributed by atoms with E-state index in [2.05, 4.69) is 25.6 Å². The highest BCUT2D eigenvalue weighted by molar-refractivity contribution is 7.98. The number of nitrogens with one attached hydrogen (secondary N) is 3. The summed E-state index contributed by atoms with van der Waals surface area (Å²) in [5, 5.41) is 13.9. The largest absolute Gasteiger partial charge is 0.355 e. The van der Waals surface area contributed by atoms with Crippen molar-refractivity contribution in [3.8, 4) is 6.19 Å². The van der Waals surface area contributed by atoms with Crippen molar-refractivity contribution in [3.63, 3.8) is 0 Å². The number of nitrogens with zero attached hydrogens (tertiary/aromatic N) is 3. The molecule has 0 aliphatic carbocycles. The van der Waals surface area contributed by atoms with Crippen molar-refractivity contribution in [2.45, 2.75) is 12.7 Å². The van der Waals surface area contributed by atoms with Crippen LogP contribution in [-0.2, 0) is 5.75 Å². The normalized spacial score (nSPS) is 11.0. The third-order valence-electron chi connectivity index (χ3n) is 1.93. The summed E-state index contributed by atoms with van der Waals surface area (Å²) in [4.78, 5) is 11.3. The minimum Gasteiger partial charge on any atom is -0.355 e. The van der Waals surface area contributed by atoms with E-state index in [0.29, 0.717) is 5.96 Å². The van der Waals surface area contributed by atoms with Gasteiger partial charge in [-0.3, -0.25) is 10.3 Å². The molecule has 0 atom stereocenters. The van der Waals surface area contributed by atoms with E-state index in [1.54, 1.807) is 18.8 Å². The Bertz CT molecular complexity index is 405. The molecule has 0 unspecified atom stereocenters. The summed E-state index contributed by atoms with van der Waals surface area (Å²) in [6.45, 7) is 2.74. The minimum absolute atomic E-state index is 0.502. The van der Waals surface area contributed by atoms with Gasteiger partial charge in [0.05, 0.1) is 5.75 Å². The van der Waals surface area contributed by atoms with Crippen LogP contribution in [0.25, 0.3) is 0 Å². The van der Waals surface area contributed by atoms with E-state index in [9.17, 15) is 0 Å². The number of aromatic nitrogens is 2.